The van der Waals surface area contributed by atoms with Crippen LogP contribution in [0.15, 0.2) is 35.2 Å². The number of hydrogen-bond acceptors (Lipinski definition) is 5. The van der Waals surface area contributed by atoms with E-state index in [1.807, 2.05) is 18.2 Å². The molecular weight excluding hydrogens is 413 g/mol. The van der Waals surface area contributed by atoms with E-state index in [-0.39, 0.29) is 6.10 Å². The number of aromatic nitrogens is 1. The Balaban J connectivity index is 1.24. The second-order valence-corrected chi connectivity index (χ2v) is 9.36. The standard InChI is InChI=1S/C22H21Cl2NO4/c23-16-2-1-3-17(24)19(16)20-15(21(29-25-20)12-4-5-12)11-26-18-9-14-8-13(18)10-22(14)27-6-7-28-22/h1-3,6-7,12-14,18H,4-5,8-11H2/t13-,14-,18?/m1/s1. The molecule has 0 radical (unpaired) electrons. The second-order valence-electron chi connectivity index (χ2n) is 8.55. The van der Waals surface area contributed by atoms with E-state index in [1.165, 1.54) is 0 Å². The highest BCUT2D eigenvalue weighted by Crippen LogP contribution is 2.56. The van der Waals surface area contributed by atoms with Crippen LogP contribution in [0.25, 0.3) is 11.3 Å². The van der Waals surface area contributed by atoms with Gasteiger partial charge in [0.25, 0.3) is 5.79 Å². The fraction of sp³-hybridized carbons (Fsp3) is 0.500. The van der Waals surface area contributed by atoms with Gasteiger partial charge in [0, 0.05) is 29.4 Å². The molecule has 0 N–H and O–H groups in total. The van der Waals surface area contributed by atoms with Crippen LogP contribution >= 0.6 is 23.2 Å². The summed E-state index contributed by atoms with van der Waals surface area (Å²) in [5, 5.41) is 5.49. The Morgan fingerprint density at radius 1 is 1.10 bits per heavy atom. The molecule has 3 aliphatic carbocycles. The summed E-state index contributed by atoms with van der Waals surface area (Å²) >= 11 is 12.9. The first-order valence-electron chi connectivity index (χ1n) is 10.2. The molecule has 6 rings (SSSR count). The molecule has 0 saturated heterocycles. The summed E-state index contributed by atoms with van der Waals surface area (Å²) in [4.78, 5) is 0. The summed E-state index contributed by atoms with van der Waals surface area (Å²) in [5.74, 6) is 1.71. The van der Waals surface area contributed by atoms with Gasteiger partial charge in [-0.3, -0.25) is 0 Å². The highest BCUT2D eigenvalue weighted by molar-refractivity contribution is 6.39. The maximum atomic E-state index is 6.45. The Bertz CT molecular complexity index is 955. The summed E-state index contributed by atoms with van der Waals surface area (Å²) < 4.78 is 23.7. The highest BCUT2D eigenvalue weighted by Gasteiger charge is 2.59. The third-order valence-corrected chi connectivity index (χ3v) is 7.43. The van der Waals surface area contributed by atoms with Gasteiger partial charge in [0.05, 0.1) is 22.8 Å². The maximum absolute atomic E-state index is 6.45. The average molecular weight is 434 g/mol. The van der Waals surface area contributed by atoms with Crippen molar-refractivity contribution >= 4 is 23.2 Å². The van der Waals surface area contributed by atoms with Gasteiger partial charge in [0.1, 0.15) is 24.0 Å². The Labute approximate surface area is 178 Å². The minimum atomic E-state index is -0.447. The SMILES string of the molecule is Clc1cccc(Cl)c1-c1noc(C2CC2)c1COC1C[C@H]2C[C@@H]1CC21OC=CO1. The van der Waals surface area contributed by atoms with Crippen LogP contribution in [0.5, 0.6) is 0 Å². The van der Waals surface area contributed by atoms with Crippen LogP contribution in [-0.4, -0.2) is 17.0 Å². The number of nitrogens with zero attached hydrogens (tertiary/aromatic N) is 1. The van der Waals surface area contributed by atoms with Crippen molar-refractivity contribution in [2.24, 2.45) is 11.8 Å². The summed E-state index contributed by atoms with van der Waals surface area (Å²) in [6.07, 6.45) is 8.65. The maximum Gasteiger partial charge on any atom is 0.253 e. The number of hydrogen-bond donors (Lipinski definition) is 0. The monoisotopic (exact) mass is 433 g/mol. The molecule has 1 spiro atoms. The average Bonchev–Trinajstić information content (AvgIpc) is 3.06. The first kappa shape index (κ1) is 18.1. The molecule has 1 aromatic heterocycles. The van der Waals surface area contributed by atoms with E-state index in [1.54, 1.807) is 12.5 Å². The van der Waals surface area contributed by atoms with Crippen molar-refractivity contribution in [2.75, 3.05) is 0 Å². The Hall–Kier alpha value is -1.69. The highest BCUT2D eigenvalue weighted by atomic mass is 35.5. The Kier molecular flexibility index (Phi) is 4.16. The van der Waals surface area contributed by atoms with Gasteiger partial charge in [-0.1, -0.05) is 34.4 Å². The second kappa shape index (κ2) is 6.66. The third kappa shape index (κ3) is 2.89. The van der Waals surface area contributed by atoms with Crippen molar-refractivity contribution < 1.29 is 18.7 Å². The van der Waals surface area contributed by atoms with Crippen LogP contribution in [0.3, 0.4) is 0 Å². The van der Waals surface area contributed by atoms with E-state index in [4.69, 9.17) is 41.9 Å². The van der Waals surface area contributed by atoms with Crippen LogP contribution in [-0.2, 0) is 20.8 Å². The van der Waals surface area contributed by atoms with E-state index in [9.17, 15) is 0 Å². The smallest absolute Gasteiger partial charge is 0.253 e. The van der Waals surface area contributed by atoms with E-state index in [0.29, 0.717) is 40.1 Å². The van der Waals surface area contributed by atoms with Crippen LogP contribution in [0.4, 0.5) is 0 Å². The zero-order valence-electron chi connectivity index (χ0n) is 15.8. The van der Waals surface area contributed by atoms with Gasteiger partial charge in [-0.05, 0) is 43.7 Å². The Morgan fingerprint density at radius 3 is 2.52 bits per heavy atom. The Morgan fingerprint density at radius 2 is 1.86 bits per heavy atom. The quantitative estimate of drug-likeness (QED) is 0.573. The van der Waals surface area contributed by atoms with Gasteiger partial charge in [-0.25, -0.2) is 0 Å². The van der Waals surface area contributed by atoms with E-state index in [0.717, 1.165) is 49.0 Å². The molecule has 4 aliphatic rings. The van der Waals surface area contributed by atoms with Crippen LogP contribution < -0.4 is 0 Å². The fourth-order valence-electron chi connectivity index (χ4n) is 5.24. The van der Waals surface area contributed by atoms with Crippen LogP contribution in [0, 0.1) is 11.8 Å². The molecule has 0 amide bonds. The van der Waals surface area contributed by atoms with Gasteiger partial charge < -0.3 is 18.7 Å². The molecular formula is C22H21Cl2NO4. The van der Waals surface area contributed by atoms with Gasteiger partial charge >= 0.3 is 0 Å². The molecule has 1 unspecified atom stereocenters. The van der Waals surface area contributed by atoms with Crippen LogP contribution in [0.2, 0.25) is 10.0 Å². The molecule has 1 aliphatic heterocycles. The third-order valence-electron chi connectivity index (χ3n) is 6.80. The normalized spacial score (nSPS) is 28.8. The van der Waals surface area contributed by atoms with Crippen molar-refractivity contribution in [1.82, 2.24) is 5.16 Å². The lowest BCUT2D eigenvalue weighted by molar-refractivity contribution is -0.190. The first-order chi connectivity index (χ1) is 14.1. The number of benzene rings is 1. The molecule has 152 valence electrons. The molecule has 1 aromatic carbocycles. The van der Waals surface area contributed by atoms with Crippen molar-refractivity contribution in [3.05, 3.63) is 52.1 Å². The zero-order chi connectivity index (χ0) is 19.6. The fourth-order valence-corrected chi connectivity index (χ4v) is 5.81. The summed E-state index contributed by atoms with van der Waals surface area (Å²) in [6.45, 7) is 0.451. The minimum Gasteiger partial charge on any atom is -0.456 e. The number of halogens is 2. The summed E-state index contributed by atoms with van der Waals surface area (Å²) in [5.41, 5.74) is 2.40. The minimum absolute atomic E-state index is 0.190. The topological polar surface area (TPSA) is 53.7 Å². The van der Waals surface area contributed by atoms with E-state index >= 15 is 0 Å². The van der Waals surface area contributed by atoms with Gasteiger partial charge in [-0.2, -0.15) is 0 Å². The molecule has 5 nitrogen and oxygen atoms in total. The molecule has 3 fully saturated rings. The number of rotatable bonds is 5. The lowest BCUT2D eigenvalue weighted by atomic mass is 9.91. The molecule has 2 aromatic rings. The largest absolute Gasteiger partial charge is 0.456 e. The van der Waals surface area contributed by atoms with Crippen molar-refractivity contribution in [3.8, 4) is 11.3 Å². The predicted molar refractivity (Wildman–Crippen MR) is 107 cm³/mol. The number of fused-ring (bicyclic) bond motifs is 3. The molecule has 29 heavy (non-hydrogen) atoms. The molecule has 3 saturated carbocycles. The van der Waals surface area contributed by atoms with Crippen molar-refractivity contribution in [3.63, 3.8) is 0 Å². The lowest BCUT2D eigenvalue weighted by Crippen LogP contribution is -2.40. The van der Waals surface area contributed by atoms with E-state index < -0.39 is 5.79 Å². The van der Waals surface area contributed by atoms with Crippen molar-refractivity contribution in [2.45, 2.75) is 56.5 Å². The summed E-state index contributed by atoms with van der Waals surface area (Å²) in [7, 11) is 0. The van der Waals surface area contributed by atoms with Gasteiger partial charge in [0.15, 0.2) is 0 Å². The number of ether oxygens (including phenoxy) is 3. The van der Waals surface area contributed by atoms with Gasteiger partial charge in [-0.15, -0.1) is 0 Å². The molecule has 2 bridgehead atoms. The summed E-state index contributed by atoms with van der Waals surface area (Å²) in [6, 6.07) is 5.48. The van der Waals surface area contributed by atoms with Crippen LogP contribution in [0.1, 0.15) is 49.3 Å². The zero-order valence-corrected chi connectivity index (χ0v) is 17.3. The molecule has 3 atom stereocenters. The molecule has 2 heterocycles. The van der Waals surface area contributed by atoms with Gasteiger partial charge in [0.2, 0.25) is 0 Å². The predicted octanol–water partition coefficient (Wildman–Crippen LogP) is 6.06. The molecule has 7 heteroatoms. The lowest BCUT2D eigenvalue weighted by Gasteiger charge is -2.34. The first-order valence-corrected chi connectivity index (χ1v) is 11.0. The van der Waals surface area contributed by atoms with E-state index in [2.05, 4.69) is 5.16 Å². The van der Waals surface area contributed by atoms with Crippen molar-refractivity contribution in [1.29, 1.82) is 0 Å².